The Morgan fingerprint density at radius 1 is 0.938 bits per heavy atom. The van der Waals surface area contributed by atoms with Gasteiger partial charge in [0.2, 0.25) is 0 Å². The summed E-state index contributed by atoms with van der Waals surface area (Å²) in [6.45, 7) is 7.41. The molecule has 0 aromatic heterocycles. The van der Waals surface area contributed by atoms with Crippen LogP contribution in [-0.2, 0) is 17.8 Å². The van der Waals surface area contributed by atoms with Crippen molar-refractivity contribution in [3.8, 4) is 5.75 Å². The molecule has 0 unspecified atom stereocenters. The molecule has 2 aliphatic rings. The molecular weight excluding hydrogens is 402 g/mol. The van der Waals surface area contributed by atoms with Gasteiger partial charge in [0.15, 0.2) is 0 Å². The van der Waals surface area contributed by atoms with E-state index in [1.165, 1.54) is 10.5 Å². The van der Waals surface area contributed by atoms with E-state index >= 15 is 0 Å². The maximum Gasteiger partial charge on any atom is 0.327 e. The first-order chi connectivity index (χ1) is 15.4. The Balaban J connectivity index is 1.49. The summed E-state index contributed by atoms with van der Waals surface area (Å²) >= 11 is 0. The van der Waals surface area contributed by atoms with Crippen LogP contribution in [0.15, 0.2) is 54.6 Å². The Kier molecular flexibility index (Phi) is 6.51. The van der Waals surface area contributed by atoms with E-state index in [1.807, 2.05) is 49.1 Å². The maximum atomic E-state index is 13.6. The molecule has 4 rings (SSSR count). The molecule has 6 heteroatoms. The van der Waals surface area contributed by atoms with E-state index in [-0.39, 0.29) is 23.6 Å². The summed E-state index contributed by atoms with van der Waals surface area (Å²) in [5, 5.41) is 9.51. The molecule has 6 nitrogen and oxygen atoms in total. The summed E-state index contributed by atoms with van der Waals surface area (Å²) in [5.41, 5.74) is 1.58. The standard InChI is InChI=1S/C26H33N3O3/c1-20(2)18-28-24(31)26(29(25(28)32)15-12-21-6-4-3-5-7-21)13-16-27(17-14-26)19-22-8-10-23(30)11-9-22/h3-11,20,30H,12-19H2,1-2H3. The summed E-state index contributed by atoms with van der Waals surface area (Å²) < 4.78 is 0. The van der Waals surface area contributed by atoms with Crippen LogP contribution in [0.5, 0.6) is 5.75 Å². The summed E-state index contributed by atoms with van der Waals surface area (Å²) in [4.78, 5) is 32.6. The zero-order valence-corrected chi connectivity index (χ0v) is 19.0. The highest BCUT2D eigenvalue weighted by atomic mass is 16.3. The lowest BCUT2D eigenvalue weighted by Gasteiger charge is -2.42. The fraction of sp³-hybridized carbons (Fsp3) is 0.462. The van der Waals surface area contributed by atoms with Gasteiger partial charge in [0.05, 0.1) is 0 Å². The van der Waals surface area contributed by atoms with Crippen molar-refractivity contribution in [3.05, 3.63) is 65.7 Å². The summed E-state index contributed by atoms with van der Waals surface area (Å²) in [6.07, 6.45) is 2.05. The van der Waals surface area contributed by atoms with Gasteiger partial charge in [-0.3, -0.25) is 14.6 Å². The van der Waals surface area contributed by atoms with Crippen LogP contribution in [0.1, 0.15) is 37.8 Å². The first-order valence-electron chi connectivity index (χ1n) is 11.6. The van der Waals surface area contributed by atoms with Gasteiger partial charge in [0, 0.05) is 32.7 Å². The molecule has 0 bridgehead atoms. The van der Waals surface area contributed by atoms with E-state index in [9.17, 15) is 14.7 Å². The first-order valence-corrected chi connectivity index (χ1v) is 11.6. The Morgan fingerprint density at radius 2 is 1.59 bits per heavy atom. The predicted molar refractivity (Wildman–Crippen MR) is 124 cm³/mol. The molecule has 32 heavy (non-hydrogen) atoms. The molecule has 2 aromatic carbocycles. The Morgan fingerprint density at radius 3 is 2.22 bits per heavy atom. The van der Waals surface area contributed by atoms with Gasteiger partial charge in [0.25, 0.3) is 5.91 Å². The highest BCUT2D eigenvalue weighted by Gasteiger charge is 2.57. The molecule has 2 aliphatic heterocycles. The number of imide groups is 1. The average molecular weight is 436 g/mol. The van der Waals surface area contributed by atoms with Crippen LogP contribution in [0.2, 0.25) is 0 Å². The number of hydrogen-bond donors (Lipinski definition) is 1. The second-order valence-corrected chi connectivity index (χ2v) is 9.45. The van der Waals surface area contributed by atoms with Gasteiger partial charge in [-0.15, -0.1) is 0 Å². The highest BCUT2D eigenvalue weighted by Crippen LogP contribution is 2.38. The third kappa shape index (κ3) is 4.51. The number of carbonyl (C=O) groups is 2. The minimum atomic E-state index is -0.730. The van der Waals surface area contributed by atoms with E-state index in [2.05, 4.69) is 17.0 Å². The van der Waals surface area contributed by atoms with Gasteiger partial charge in [-0.1, -0.05) is 56.3 Å². The summed E-state index contributed by atoms with van der Waals surface area (Å²) in [7, 11) is 0. The number of rotatable bonds is 7. The van der Waals surface area contributed by atoms with Crippen molar-refractivity contribution in [1.82, 2.24) is 14.7 Å². The Hall–Kier alpha value is -2.86. The minimum Gasteiger partial charge on any atom is -0.508 e. The number of piperidine rings is 1. The lowest BCUT2D eigenvalue weighted by atomic mass is 9.85. The third-order valence-electron chi connectivity index (χ3n) is 6.66. The molecule has 170 valence electrons. The largest absolute Gasteiger partial charge is 0.508 e. The van der Waals surface area contributed by atoms with Crippen LogP contribution < -0.4 is 0 Å². The number of likely N-dealkylation sites (tertiary alicyclic amines) is 1. The number of hydrogen-bond acceptors (Lipinski definition) is 4. The molecular formula is C26H33N3O3. The van der Waals surface area contributed by atoms with Gasteiger partial charge in [-0.25, -0.2) is 4.79 Å². The fourth-order valence-electron chi connectivity index (χ4n) is 4.93. The van der Waals surface area contributed by atoms with Crippen LogP contribution in [0.4, 0.5) is 4.79 Å². The van der Waals surface area contributed by atoms with Crippen molar-refractivity contribution in [2.45, 2.75) is 45.2 Å². The van der Waals surface area contributed by atoms with Crippen LogP contribution in [0.3, 0.4) is 0 Å². The van der Waals surface area contributed by atoms with Gasteiger partial charge in [0.1, 0.15) is 11.3 Å². The molecule has 0 saturated carbocycles. The fourth-order valence-corrected chi connectivity index (χ4v) is 4.93. The van der Waals surface area contributed by atoms with Crippen molar-refractivity contribution < 1.29 is 14.7 Å². The van der Waals surface area contributed by atoms with E-state index in [0.29, 0.717) is 25.9 Å². The number of aromatic hydroxyl groups is 1. The average Bonchev–Trinajstić information content (AvgIpc) is 2.97. The molecule has 2 fully saturated rings. The molecule has 0 aliphatic carbocycles. The van der Waals surface area contributed by atoms with Gasteiger partial charge < -0.3 is 10.0 Å². The molecule has 2 heterocycles. The number of carbonyl (C=O) groups excluding carboxylic acids is 2. The van der Waals surface area contributed by atoms with Crippen molar-refractivity contribution >= 4 is 11.9 Å². The van der Waals surface area contributed by atoms with Crippen LogP contribution in [0, 0.1) is 5.92 Å². The minimum absolute atomic E-state index is 0.0199. The van der Waals surface area contributed by atoms with Crippen LogP contribution in [0.25, 0.3) is 0 Å². The Labute approximate surface area is 190 Å². The van der Waals surface area contributed by atoms with Crippen molar-refractivity contribution in [3.63, 3.8) is 0 Å². The predicted octanol–water partition coefficient (Wildman–Crippen LogP) is 3.89. The van der Waals surface area contributed by atoms with E-state index in [0.717, 1.165) is 31.6 Å². The highest BCUT2D eigenvalue weighted by molar-refractivity contribution is 6.07. The quantitative estimate of drug-likeness (QED) is 0.670. The molecule has 1 N–H and O–H groups in total. The summed E-state index contributed by atoms with van der Waals surface area (Å²) in [6, 6.07) is 17.3. The van der Waals surface area contributed by atoms with Crippen molar-refractivity contribution in [1.29, 1.82) is 0 Å². The number of phenolic OH excluding ortho intramolecular Hbond substituents is 1. The van der Waals surface area contributed by atoms with Gasteiger partial charge in [-0.2, -0.15) is 0 Å². The second kappa shape index (κ2) is 9.33. The first kappa shape index (κ1) is 22.3. The third-order valence-corrected chi connectivity index (χ3v) is 6.66. The normalized spacial score (nSPS) is 18.8. The number of phenols is 1. The van der Waals surface area contributed by atoms with E-state index in [4.69, 9.17) is 0 Å². The van der Waals surface area contributed by atoms with Crippen molar-refractivity contribution in [2.24, 2.45) is 5.92 Å². The van der Waals surface area contributed by atoms with E-state index in [1.54, 1.807) is 12.1 Å². The number of amides is 3. The molecule has 2 aromatic rings. The zero-order chi connectivity index (χ0) is 22.7. The number of nitrogens with zero attached hydrogens (tertiary/aromatic N) is 3. The van der Waals surface area contributed by atoms with Crippen LogP contribution >= 0.6 is 0 Å². The Bertz CT molecular complexity index is 935. The second-order valence-electron chi connectivity index (χ2n) is 9.45. The smallest absolute Gasteiger partial charge is 0.327 e. The molecule has 1 spiro atoms. The maximum absolute atomic E-state index is 13.6. The number of urea groups is 1. The molecule has 0 radical (unpaired) electrons. The SMILES string of the molecule is CC(C)CN1C(=O)N(CCc2ccccc2)C2(CCN(Cc3ccc(O)cc3)CC2)C1=O. The van der Waals surface area contributed by atoms with Crippen molar-refractivity contribution in [2.75, 3.05) is 26.2 Å². The topological polar surface area (TPSA) is 64.1 Å². The van der Waals surface area contributed by atoms with Gasteiger partial charge in [-0.05, 0) is 48.4 Å². The monoisotopic (exact) mass is 435 g/mol. The lowest BCUT2D eigenvalue weighted by Crippen LogP contribution is -2.56. The van der Waals surface area contributed by atoms with E-state index < -0.39 is 5.54 Å². The number of benzene rings is 2. The lowest BCUT2D eigenvalue weighted by molar-refractivity contribution is -0.136. The summed E-state index contributed by atoms with van der Waals surface area (Å²) in [5.74, 6) is 0.484. The molecule has 3 amide bonds. The van der Waals surface area contributed by atoms with Crippen LogP contribution in [-0.4, -0.2) is 63.5 Å². The zero-order valence-electron chi connectivity index (χ0n) is 19.0. The molecule has 0 atom stereocenters. The molecule has 2 saturated heterocycles. The van der Waals surface area contributed by atoms with Gasteiger partial charge >= 0.3 is 6.03 Å².